The van der Waals surface area contributed by atoms with Gasteiger partial charge in [0.15, 0.2) is 12.0 Å². The van der Waals surface area contributed by atoms with Gasteiger partial charge in [-0.15, -0.1) is 5.10 Å². The third-order valence-electron chi connectivity index (χ3n) is 4.59. The van der Waals surface area contributed by atoms with Crippen molar-refractivity contribution in [2.75, 3.05) is 0 Å². The molecule has 1 saturated carbocycles. The van der Waals surface area contributed by atoms with Crippen molar-refractivity contribution in [1.82, 2.24) is 14.8 Å². The molecule has 0 unspecified atom stereocenters. The summed E-state index contributed by atoms with van der Waals surface area (Å²) in [6.45, 7) is 0. The highest BCUT2D eigenvalue weighted by Crippen LogP contribution is 2.40. The Bertz CT molecular complexity index is 831. The van der Waals surface area contributed by atoms with Crippen LogP contribution in [0.3, 0.4) is 0 Å². The number of aliphatic hydroxyl groups excluding tert-OH is 1. The minimum atomic E-state index is -3.71. The van der Waals surface area contributed by atoms with E-state index in [0.29, 0.717) is 0 Å². The molecule has 1 aromatic heterocycles. The average molecular weight is 337 g/mol. The Kier molecular flexibility index (Phi) is 3.28. The highest BCUT2D eigenvalue weighted by molar-refractivity contribution is 7.91. The molecule has 2 aliphatic rings. The Morgan fingerprint density at radius 1 is 1.17 bits per heavy atom. The van der Waals surface area contributed by atoms with Crippen molar-refractivity contribution >= 4 is 9.84 Å². The number of benzene rings is 1. The van der Waals surface area contributed by atoms with Gasteiger partial charge >= 0.3 is 0 Å². The van der Waals surface area contributed by atoms with E-state index in [1.807, 2.05) is 30.3 Å². The molecule has 0 radical (unpaired) electrons. The summed E-state index contributed by atoms with van der Waals surface area (Å²) in [5, 5.41) is 12.4. The molecule has 0 amide bonds. The zero-order valence-corrected chi connectivity index (χ0v) is 13.0. The summed E-state index contributed by atoms with van der Waals surface area (Å²) >= 11 is 0. The first kappa shape index (κ1) is 14.8. The van der Waals surface area contributed by atoms with Gasteiger partial charge in [-0.1, -0.05) is 30.3 Å². The van der Waals surface area contributed by atoms with Crippen molar-refractivity contribution in [3.63, 3.8) is 0 Å². The van der Waals surface area contributed by atoms with Gasteiger partial charge in [0.25, 0.3) is 5.16 Å². The van der Waals surface area contributed by atoms with Crippen LogP contribution in [0.25, 0.3) is 0 Å². The van der Waals surface area contributed by atoms with Gasteiger partial charge in [-0.25, -0.2) is 17.5 Å². The third-order valence-corrected chi connectivity index (χ3v) is 6.54. The van der Waals surface area contributed by atoms with Crippen LogP contribution in [0.2, 0.25) is 0 Å². The standard InChI is InChI=1S/C15H16FN3O3S/c16-12-8-13(9-4-2-1-3-5-9)19-14(12)17-15(18-19)23(21,22)11-6-10(20)7-11/h1-5,10-13,20H,6-8H2/t10-,11+,12-,13-/m0/s1. The maximum absolute atomic E-state index is 14.3. The Morgan fingerprint density at radius 2 is 1.87 bits per heavy atom. The number of halogens is 1. The van der Waals surface area contributed by atoms with Crippen LogP contribution < -0.4 is 0 Å². The number of aromatic nitrogens is 3. The summed E-state index contributed by atoms with van der Waals surface area (Å²) < 4.78 is 40.5. The lowest BCUT2D eigenvalue weighted by atomic mass is 9.96. The van der Waals surface area contributed by atoms with Crippen molar-refractivity contribution in [2.45, 2.75) is 48.0 Å². The molecule has 0 spiro atoms. The Hall–Kier alpha value is -1.80. The second kappa shape index (κ2) is 5.10. The van der Waals surface area contributed by atoms with Crippen molar-refractivity contribution in [3.05, 3.63) is 41.7 Å². The zero-order valence-electron chi connectivity index (χ0n) is 12.2. The molecule has 8 heteroatoms. The van der Waals surface area contributed by atoms with Crippen LogP contribution in [0.5, 0.6) is 0 Å². The molecule has 122 valence electrons. The molecule has 23 heavy (non-hydrogen) atoms. The number of alkyl halides is 1. The number of sulfone groups is 1. The summed E-state index contributed by atoms with van der Waals surface area (Å²) in [6.07, 6.45) is -1.33. The van der Waals surface area contributed by atoms with E-state index in [-0.39, 0.29) is 36.3 Å². The highest BCUT2D eigenvalue weighted by atomic mass is 32.2. The molecule has 1 aliphatic heterocycles. The summed E-state index contributed by atoms with van der Waals surface area (Å²) in [4.78, 5) is 3.95. The number of hydrogen-bond donors (Lipinski definition) is 1. The monoisotopic (exact) mass is 337 g/mol. The second-order valence-corrected chi connectivity index (χ2v) is 8.24. The van der Waals surface area contributed by atoms with Crippen LogP contribution in [-0.4, -0.2) is 39.6 Å². The minimum absolute atomic E-state index is 0.0669. The Morgan fingerprint density at radius 3 is 2.52 bits per heavy atom. The zero-order chi connectivity index (χ0) is 16.2. The van der Waals surface area contributed by atoms with E-state index in [1.165, 1.54) is 4.68 Å². The van der Waals surface area contributed by atoms with Crippen LogP contribution >= 0.6 is 0 Å². The molecule has 1 aromatic carbocycles. The molecule has 0 bridgehead atoms. The fourth-order valence-electron chi connectivity index (χ4n) is 3.17. The second-order valence-electron chi connectivity index (χ2n) is 6.12. The summed E-state index contributed by atoms with van der Waals surface area (Å²) in [5.41, 5.74) is 0.877. The number of aliphatic hydroxyl groups is 1. The van der Waals surface area contributed by atoms with E-state index in [4.69, 9.17) is 0 Å². The minimum Gasteiger partial charge on any atom is -0.393 e. The maximum atomic E-state index is 14.3. The van der Waals surface area contributed by atoms with E-state index < -0.39 is 27.4 Å². The van der Waals surface area contributed by atoms with Gasteiger partial charge in [0.1, 0.15) is 0 Å². The van der Waals surface area contributed by atoms with Gasteiger partial charge in [0.2, 0.25) is 9.84 Å². The number of fused-ring (bicyclic) bond motifs is 1. The topological polar surface area (TPSA) is 85.1 Å². The highest BCUT2D eigenvalue weighted by Gasteiger charge is 2.43. The lowest BCUT2D eigenvalue weighted by molar-refractivity contribution is 0.0975. The van der Waals surface area contributed by atoms with Crippen molar-refractivity contribution < 1.29 is 17.9 Å². The van der Waals surface area contributed by atoms with Crippen molar-refractivity contribution in [2.24, 2.45) is 0 Å². The molecule has 1 N–H and O–H groups in total. The summed E-state index contributed by atoms with van der Waals surface area (Å²) in [5.74, 6) is 0.0669. The lowest BCUT2D eigenvalue weighted by Gasteiger charge is -2.29. The van der Waals surface area contributed by atoms with Gasteiger partial charge < -0.3 is 5.11 Å². The van der Waals surface area contributed by atoms with Crippen LogP contribution in [0, 0.1) is 0 Å². The van der Waals surface area contributed by atoms with Gasteiger partial charge in [-0.2, -0.15) is 4.98 Å². The molecule has 1 fully saturated rings. The number of rotatable bonds is 3. The molecular weight excluding hydrogens is 321 g/mol. The molecule has 0 saturated heterocycles. The SMILES string of the molecule is O=S(=O)(c1nc2n(n1)[C@H](c1ccccc1)C[C@@H]2F)[C@H]1C[C@@H](O)C1. The molecule has 4 rings (SSSR count). The maximum Gasteiger partial charge on any atom is 0.267 e. The molecule has 2 heterocycles. The molecule has 2 aromatic rings. The molecule has 2 atom stereocenters. The average Bonchev–Trinajstić information content (AvgIpc) is 3.06. The van der Waals surface area contributed by atoms with E-state index in [2.05, 4.69) is 10.1 Å². The van der Waals surface area contributed by atoms with Gasteiger partial charge in [-0.05, 0) is 18.4 Å². The Balaban J connectivity index is 1.71. The quantitative estimate of drug-likeness (QED) is 0.919. The van der Waals surface area contributed by atoms with Crippen LogP contribution in [-0.2, 0) is 9.84 Å². The first-order valence-electron chi connectivity index (χ1n) is 7.54. The summed E-state index contributed by atoms with van der Waals surface area (Å²) in [6, 6.07) is 8.96. The molecular formula is C15H16FN3O3S. The lowest BCUT2D eigenvalue weighted by Crippen LogP contribution is -2.39. The van der Waals surface area contributed by atoms with Crippen LogP contribution in [0.15, 0.2) is 35.5 Å². The van der Waals surface area contributed by atoms with Crippen LogP contribution in [0.4, 0.5) is 4.39 Å². The van der Waals surface area contributed by atoms with Crippen LogP contribution in [0.1, 0.15) is 42.9 Å². The number of nitrogens with zero attached hydrogens (tertiary/aromatic N) is 3. The number of hydrogen-bond acceptors (Lipinski definition) is 5. The smallest absolute Gasteiger partial charge is 0.267 e. The van der Waals surface area contributed by atoms with E-state index in [0.717, 1.165) is 5.56 Å². The van der Waals surface area contributed by atoms with Crippen molar-refractivity contribution in [3.8, 4) is 0 Å². The first-order valence-corrected chi connectivity index (χ1v) is 9.09. The molecule has 6 nitrogen and oxygen atoms in total. The molecule has 1 aliphatic carbocycles. The van der Waals surface area contributed by atoms with E-state index >= 15 is 0 Å². The van der Waals surface area contributed by atoms with Gasteiger partial charge in [0, 0.05) is 6.42 Å². The normalized spacial score (nSPS) is 30.0. The fraction of sp³-hybridized carbons (Fsp3) is 0.467. The largest absolute Gasteiger partial charge is 0.393 e. The van der Waals surface area contributed by atoms with E-state index in [1.54, 1.807) is 0 Å². The first-order chi connectivity index (χ1) is 11.0. The van der Waals surface area contributed by atoms with Crippen molar-refractivity contribution in [1.29, 1.82) is 0 Å². The van der Waals surface area contributed by atoms with Gasteiger partial charge in [-0.3, -0.25) is 0 Å². The third kappa shape index (κ3) is 2.28. The fourth-order valence-corrected chi connectivity index (χ4v) is 4.84. The van der Waals surface area contributed by atoms with E-state index in [9.17, 15) is 17.9 Å². The predicted molar refractivity (Wildman–Crippen MR) is 79.3 cm³/mol. The van der Waals surface area contributed by atoms with Gasteiger partial charge in [0.05, 0.1) is 17.4 Å². The Labute approximate surface area is 132 Å². The summed E-state index contributed by atoms with van der Waals surface area (Å²) in [7, 11) is -3.71. The predicted octanol–water partition coefficient (Wildman–Crippen LogP) is 1.58.